The van der Waals surface area contributed by atoms with E-state index in [0.29, 0.717) is 25.9 Å². The molecule has 0 bridgehead atoms. The van der Waals surface area contributed by atoms with Crippen molar-refractivity contribution in [3.8, 4) is 0 Å². The second-order valence-electron chi connectivity index (χ2n) is 5.68. The number of ether oxygens (including phenoxy) is 1. The molecule has 0 saturated carbocycles. The summed E-state index contributed by atoms with van der Waals surface area (Å²) in [4.78, 5) is 11.6. The summed E-state index contributed by atoms with van der Waals surface area (Å²) in [6.45, 7) is 3.29. The monoisotopic (exact) mass is 304 g/mol. The third kappa shape index (κ3) is 3.15. The largest absolute Gasteiger partial charge is 0.469 e. The molecule has 2 unspecified atom stereocenters. The number of carbonyl (C=O) groups excluding carboxylic acids is 1. The van der Waals surface area contributed by atoms with Crippen LogP contribution in [0.4, 0.5) is 0 Å². The highest BCUT2D eigenvalue weighted by molar-refractivity contribution is 7.86. The molecule has 2 heterocycles. The fraction of sp³-hybridized carbons (Fsp3) is 0.923. The molecular weight excluding hydrogens is 280 g/mol. The van der Waals surface area contributed by atoms with Crippen LogP contribution in [0.25, 0.3) is 0 Å². The average molecular weight is 304 g/mol. The molecule has 2 aliphatic rings. The lowest BCUT2D eigenvalue weighted by molar-refractivity contribution is -0.146. The Bertz CT molecular complexity index is 451. The first-order valence-corrected chi connectivity index (χ1v) is 8.71. The standard InChI is InChI=1S/C13H24N2O4S/c1-11-6-3-4-9-15(11)20(17,18)14-8-5-7-12(10-14)13(16)19-2/h11-12H,3-10H2,1-2H3. The molecule has 2 aliphatic heterocycles. The van der Waals surface area contributed by atoms with Gasteiger partial charge in [0, 0.05) is 25.7 Å². The second kappa shape index (κ2) is 6.41. The molecule has 2 rings (SSSR count). The quantitative estimate of drug-likeness (QED) is 0.729. The Morgan fingerprint density at radius 2 is 1.90 bits per heavy atom. The van der Waals surface area contributed by atoms with Gasteiger partial charge in [0.15, 0.2) is 0 Å². The van der Waals surface area contributed by atoms with Gasteiger partial charge in [-0.1, -0.05) is 6.42 Å². The van der Waals surface area contributed by atoms with Crippen molar-refractivity contribution in [1.82, 2.24) is 8.61 Å². The highest BCUT2D eigenvalue weighted by Gasteiger charge is 2.38. The number of esters is 1. The molecule has 2 fully saturated rings. The van der Waals surface area contributed by atoms with Crippen molar-refractivity contribution in [2.24, 2.45) is 5.92 Å². The molecular formula is C13H24N2O4S. The molecule has 0 radical (unpaired) electrons. The Morgan fingerprint density at radius 1 is 1.15 bits per heavy atom. The smallest absolute Gasteiger partial charge is 0.309 e. The minimum atomic E-state index is -3.45. The first-order valence-electron chi connectivity index (χ1n) is 7.31. The predicted molar refractivity (Wildman–Crippen MR) is 75.3 cm³/mol. The van der Waals surface area contributed by atoms with Crippen LogP contribution in [-0.4, -0.2) is 55.8 Å². The summed E-state index contributed by atoms with van der Waals surface area (Å²) in [5, 5.41) is 0. The van der Waals surface area contributed by atoms with Gasteiger partial charge in [-0.15, -0.1) is 0 Å². The van der Waals surface area contributed by atoms with Gasteiger partial charge in [-0.3, -0.25) is 4.79 Å². The predicted octanol–water partition coefficient (Wildman–Crippen LogP) is 0.991. The lowest BCUT2D eigenvalue weighted by Gasteiger charge is -2.38. The summed E-state index contributed by atoms with van der Waals surface area (Å²) in [5.74, 6) is -0.639. The summed E-state index contributed by atoms with van der Waals surface area (Å²) in [6.07, 6.45) is 4.32. The van der Waals surface area contributed by atoms with E-state index in [1.165, 1.54) is 11.4 Å². The number of rotatable bonds is 3. The van der Waals surface area contributed by atoms with Crippen LogP contribution < -0.4 is 0 Å². The summed E-state index contributed by atoms with van der Waals surface area (Å²) >= 11 is 0. The van der Waals surface area contributed by atoms with Gasteiger partial charge in [0.1, 0.15) is 0 Å². The van der Waals surface area contributed by atoms with Crippen LogP contribution >= 0.6 is 0 Å². The van der Waals surface area contributed by atoms with E-state index in [2.05, 4.69) is 0 Å². The highest BCUT2D eigenvalue weighted by Crippen LogP contribution is 2.26. The molecule has 0 aromatic heterocycles. The van der Waals surface area contributed by atoms with E-state index in [4.69, 9.17) is 4.74 Å². The van der Waals surface area contributed by atoms with E-state index in [9.17, 15) is 13.2 Å². The first-order chi connectivity index (χ1) is 9.46. The zero-order valence-electron chi connectivity index (χ0n) is 12.2. The molecule has 0 aromatic carbocycles. The minimum absolute atomic E-state index is 0.0484. The molecule has 116 valence electrons. The Morgan fingerprint density at radius 3 is 2.55 bits per heavy atom. The molecule has 0 amide bonds. The highest BCUT2D eigenvalue weighted by atomic mass is 32.2. The van der Waals surface area contributed by atoms with Crippen molar-refractivity contribution in [1.29, 1.82) is 0 Å². The van der Waals surface area contributed by atoms with Crippen molar-refractivity contribution < 1.29 is 17.9 Å². The number of hydrogen-bond donors (Lipinski definition) is 0. The second-order valence-corrected chi connectivity index (χ2v) is 7.56. The van der Waals surface area contributed by atoms with Gasteiger partial charge in [-0.25, -0.2) is 0 Å². The topological polar surface area (TPSA) is 66.9 Å². The van der Waals surface area contributed by atoms with Gasteiger partial charge >= 0.3 is 5.97 Å². The van der Waals surface area contributed by atoms with Crippen molar-refractivity contribution in [2.75, 3.05) is 26.7 Å². The molecule has 7 heteroatoms. The maximum absolute atomic E-state index is 12.7. The molecule has 20 heavy (non-hydrogen) atoms. The number of carbonyl (C=O) groups is 1. The van der Waals surface area contributed by atoms with Crippen LogP contribution in [-0.2, 0) is 19.7 Å². The minimum Gasteiger partial charge on any atom is -0.469 e. The molecule has 6 nitrogen and oxygen atoms in total. The van der Waals surface area contributed by atoms with Crippen LogP contribution in [0.15, 0.2) is 0 Å². The SMILES string of the molecule is COC(=O)C1CCCN(S(=O)(=O)N2CCCCC2C)C1. The van der Waals surface area contributed by atoms with E-state index in [-0.39, 0.29) is 24.5 Å². The zero-order valence-corrected chi connectivity index (χ0v) is 13.1. The third-order valence-electron chi connectivity index (χ3n) is 4.28. The number of nitrogens with zero attached hydrogens (tertiary/aromatic N) is 2. The first kappa shape index (κ1) is 15.7. The van der Waals surface area contributed by atoms with Gasteiger partial charge in [-0.05, 0) is 32.6 Å². The lowest BCUT2D eigenvalue weighted by atomic mass is 10.0. The van der Waals surface area contributed by atoms with Crippen LogP contribution in [0.5, 0.6) is 0 Å². The van der Waals surface area contributed by atoms with Crippen molar-refractivity contribution in [3.05, 3.63) is 0 Å². The van der Waals surface area contributed by atoms with E-state index < -0.39 is 10.2 Å². The Balaban J connectivity index is 2.10. The van der Waals surface area contributed by atoms with Crippen LogP contribution in [0.3, 0.4) is 0 Å². The average Bonchev–Trinajstić information content (AvgIpc) is 2.47. The molecule has 0 N–H and O–H groups in total. The van der Waals surface area contributed by atoms with Crippen LogP contribution in [0.1, 0.15) is 39.0 Å². The fourth-order valence-electron chi connectivity index (χ4n) is 3.07. The van der Waals surface area contributed by atoms with Gasteiger partial charge < -0.3 is 4.74 Å². The van der Waals surface area contributed by atoms with Gasteiger partial charge in [0.25, 0.3) is 10.2 Å². The third-order valence-corrected chi connectivity index (χ3v) is 6.40. The molecule has 2 saturated heterocycles. The van der Waals surface area contributed by atoms with Crippen molar-refractivity contribution >= 4 is 16.2 Å². The van der Waals surface area contributed by atoms with Gasteiger partial charge in [-0.2, -0.15) is 17.0 Å². The van der Waals surface area contributed by atoms with Gasteiger partial charge in [0.05, 0.1) is 13.0 Å². The Kier molecular flexibility index (Phi) is 5.04. The summed E-state index contributed by atoms with van der Waals surface area (Å²) in [6, 6.07) is 0.0484. The maximum Gasteiger partial charge on any atom is 0.309 e. The van der Waals surface area contributed by atoms with Crippen LogP contribution in [0.2, 0.25) is 0 Å². The van der Waals surface area contributed by atoms with Crippen molar-refractivity contribution in [3.63, 3.8) is 0 Å². The summed E-state index contributed by atoms with van der Waals surface area (Å²) < 4.78 is 33.2. The Labute approximate surface area is 121 Å². The van der Waals surface area contributed by atoms with Gasteiger partial charge in [0.2, 0.25) is 0 Å². The summed E-state index contributed by atoms with van der Waals surface area (Å²) in [7, 11) is -2.10. The van der Waals surface area contributed by atoms with Crippen molar-refractivity contribution in [2.45, 2.75) is 45.1 Å². The fourth-order valence-corrected chi connectivity index (χ4v) is 5.02. The van der Waals surface area contributed by atoms with E-state index >= 15 is 0 Å². The zero-order chi connectivity index (χ0) is 14.8. The van der Waals surface area contributed by atoms with E-state index in [1.54, 1.807) is 4.31 Å². The Hall–Kier alpha value is -0.660. The van der Waals surface area contributed by atoms with Crippen LogP contribution in [0, 0.1) is 5.92 Å². The lowest BCUT2D eigenvalue weighted by Crippen LogP contribution is -2.53. The number of piperidine rings is 2. The van der Waals surface area contributed by atoms with E-state index in [0.717, 1.165) is 19.3 Å². The number of hydrogen-bond acceptors (Lipinski definition) is 4. The normalized spacial score (nSPS) is 30.1. The summed E-state index contributed by atoms with van der Waals surface area (Å²) in [5.41, 5.74) is 0. The molecule has 2 atom stereocenters. The molecule has 0 aliphatic carbocycles. The maximum atomic E-state index is 12.7. The number of methoxy groups -OCH3 is 1. The van der Waals surface area contributed by atoms with E-state index in [1.807, 2.05) is 6.92 Å². The molecule has 0 spiro atoms. The molecule has 0 aromatic rings.